The third kappa shape index (κ3) is 3.06. The molecule has 1 saturated heterocycles. The summed E-state index contributed by atoms with van der Waals surface area (Å²) >= 11 is 0. The van der Waals surface area contributed by atoms with Crippen LogP contribution < -0.4 is 5.32 Å². The highest BCUT2D eigenvalue weighted by atomic mass is 16.4. The predicted octanol–water partition coefficient (Wildman–Crippen LogP) is 1.28. The van der Waals surface area contributed by atoms with Crippen LogP contribution in [0.15, 0.2) is 10.6 Å². The third-order valence-corrected chi connectivity index (χ3v) is 3.14. The van der Waals surface area contributed by atoms with Crippen LogP contribution in [0.3, 0.4) is 0 Å². The van der Waals surface area contributed by atoms with Crippen LogP contribution in [0, 0.1) is 5.92 Å². The maximum absolute atomic E-state index is 5.67. The first kappa shape index (κ1) is 11.6. The molecule has 0 radical (unpaired) electrons. The Bertz CT molecular complexity index is 324. The molecule has 1 aromatic heterocycles. The smallest absolute Gasteiger partial charge is 0.194 e. The third-order valence-electron chi connectivity index (χ3n) is 3.14. The van der Waals surface area contributed by atoms with Gasteiger partial charge in [0.25, 0.3) is 0 Å². The lowest BCUT2D eigenvalue weighted by molar-refractivity contribution is 0.201. The summed E-state index contributed by atoms with van der Waals surface area (Å²) in [6, 6.07) is 0. The number of rotatable bonds is 4. The number of oxazole rings is 1. The van der Waals surface area contributed by atoms with Crippen molar-refractivity contribution in [1.29, 1.82) is 0 Å². The molecular weight excluding hydrogens is 202 g/mol. The summed E-state index contributed by atoms with van der Waals surface area (Å²) in [6.45, 7) is 3.16. The number of piperidine rings is 1. The highest BCUT2D eigenvalue weighted by Gasteiger charge is 2.19. The lowest BCUT2D eigenvalue weighted by Crippen LogP contribution is -2.33. The van der Waals surface area contributed by atoms with E-state index >= 15 is 0 Å². The maximum atomic E-state index is 5.67. The second kappa shape index (κ2) is 5.46. The zero-order valence-electron chi connectivity index (χ0n) is 10.2. The minimum absolute atomic E-state index is 0.708. The number of aromatic nitrogens is 1. The molecule has 0 spiro atoms. The van der Waals surface area contributed by atoms with Crippen molar-refractivity contribution in [3.8, 4) is 0 Å². The Labute approximate surface area is 97.0 Å². The number of nitrogens with zero attached hydrogens (tertiary/aromatic N) is 2. The van der Waals surface area contributed by atoms with Crippen LogP contribution in [-0.4, -0.2) is 37.1 Å². The molecule has 1 unspecified atom stereocenters. The Morgan fingerprint density at radius 2 is 2.50 bits per heavy atom. The molecule has 1 aliphatic heterocycles. The zero-order chi connectivity index (χ0) is 11.4. The van der Waals surface area contributed by atoms with E-state index in [1.807, 2.05) is 13.2 Å². The molecule has 0 aromatic carbocycles. The van der Waals surface area contributed by atoms with Gasteiger partial charge in [-0.2, -0.15) is 0 Å². The van der Waals surface area contributed by atoms with Gasteiger partial charge >= 0.3 is 0 Å². The van der Waals surface area contributed by atoms with E-state index in [1.165, 1.54) is 25.9 Å². The van der Waals surface area contributed by atoms with E-state index in [1.54, 1.807) is 0 Å². The predicted molar refractivity (Wildman–Crippen MR) is 63.2 cm³/mol. The van der Waals surface area contributed by atoms with Gasteiger partial charge in [0.2, 0.25) is 0 Å². The molecule has 1 N–H and O–H groups in total. The molecule has 4 heteroatoms. The number of hydrogen-bond acceptors (Lipinski definition) is 4. The van der Waals surface area contributed by atoms with Crippen LogP contribution >= 0.6 is 0 Å². The lowest BCUT2D eigenvalue weighted by Gasteiger charge is -2.28. The van der Waals surface area contributed by atoms with E-state index in [0.717, 1.165) is 24.6 Å². The van der Waals surface area contributed by atoms with Gasteiger partial charge in [-0.05, 0) is 39.4 Å². The fourth-order valence-corrected chi connectivity index (χ4v) is 2.39. The largest absolute Gasteiger partial charge is 0.444 e. The zero-order valence-corrected chi connectivity index (χ0v) is 10.2. The van der Waals surface area contributed by atoms with Crippen molar-refractivity contribution in [3.63, 3.8) is 0 Å². The standard InChI is InChI=1S/C12H21N3O/c1-13-7-11-8-14-12(16-11)6-10-4-3-5-15(2)9-10/h8,10,13H,3-7,9H2,1-2H3. The average Bonchev–Trinajstić information content (AvgIpc) is 2.66. The second-order valence-electron chi connectivity index (χ2n) is 4.73. The summed E-state index contributed by atoms with van der Waals surface area (Å²) in [7, 11) is 4.10. The van der Waals surface area contributed by atoms with Crippen molar-refractivity contribution in [2.45, 2.75) is 25.8 Å². The molecule has 16 heavy (non-hydrogen) atoms. The van der Waals surface area contributed by atoms with Gasteiger partial charge in [-0.3, -0.25) is 0 Å². The molecular formula is C12H21N3O. The molecule has 1 aliphatic rings. The molecule has 0 aliphatic carbocycles. The number of nitrogens with one attached hydrogen (secondary N) is 1. The molecule has 2 rings (SSSR count). The molecule has 1 fully saturated rings. The Hall–Kier alpha value is -0.870. The van der Waals surface area contributed by atoms with Crippen molar-refractivity contribution in [2.24, 2.45) is 5.92 Å². The van der Waals surface area contributed by atoms with Gasteiger partial charge in [-0.1, -0.05) is 0 Å². The maximum Gasteiger partial charge on any atom is 0.194 e. The first-order chi connectivity index (χ1) is 7.78. The normalized spacial score (nSPS) is 22.5. The van der Waals surface area contributed by atoms with Gasteiger partial charge in [0.1, 0.15) is 5.76 Å². The average molecular weight is 223 g/mol. The number of likely N-dealkylation sites (tertiary alicyclic amines) is 1. The van der Waals surface area contributed by atoms with Crippen molar-refractivity contribution in [2.75, 3.05) is 27.2 Å². The molecule has 1 atom stereocenters. The van der Waals surface area contributed by atoms with E-state index in [0.29, 0.717) is 5.92 Å². The fourth-order valence-electron chi connectivity index (χ4n) is 2.39. The van der Waals surface area contributed by atoms with Gasteiger partial charge < -0.3 is 14.6 Å². The summed E-state index contributed by atoms with van der Waals surface area (Å²) in [5.74, 6) is 2.53. The Balaban J connectivity index is 1.87. The molecule has 1 aromatic rings. The Morgan fingerprint density at radius 1 is 1.62 bits per heavy atom. The minimum atomic E-state index is 0.708. The van der Waals surface area contributed by atoms with Crippen LogP contribution in [0.1, 0.15) is 24.5 Å². The quantitative estimate of drug-likeness (QED) is 0.835. The van der Waals surface area contributed by atoms with Crippen LogP contribution in [0.25, 0.3) is 0 Å². The van der Waals surface area contributed by atoms with E-state index in [4.69, 9.17) is 4.42 Å². The summed E-state index contributed by atoms with van der Waals surface area (Å²) in [6.07, 6.45) is 5.41. The van der Waals surface area contributed by atoms with Crippen molar-refractivity contribution < 1.29 is 4.42 Å². The Morgan fingerprint density at radius 3 is 3.25 bits per heavy atom. The van der Waals surface area contributed by atoms with Crippen molar-refractivity contribution in [3.05, 3.63) is 17.8 Å². The SMILES string of the molecule is CNCc1cnc(CC2CCCN(C)C2)o1. The van der Waals surface area contributed by atoms with Gasteiger partial charge in [0.05, 0.1) is 12.7 Å². The lowest BCUT2D eigenvalue weighted by atomic mass is 9.95. The molecule has 4 nitrogen and oxygen atoms in total. The van der Waals surface area contributed by atoms with Crippen LogP contribution in [0.5, 0.6) is 0 Å². The molecule has 0 bridgehead atoms. The first-order valence-corrected chi connectivity index (χ1v) is 6.04. The molecule has 0 saturated carbocycles. The van der Waals surface area contributed by atoms with E-state index in [-0.39, 0.29) is 0 Å². The molecule has 90 valence electrons. The highest BCUT2D eigenvalue weighted by Crippen LogP contribution is 2.19. The first-order valence-electron chi connectivity index (χ1n) is 6.04. The topological polar surface area (TPSA) is 41.3 Å². The van der Waals surface area contributed by atoms with Gasteiger partial charge in [-0.15, -0.1) is 0 Å². The van der Waals surface area contributed by atoms with E-state index < -0.39 is 0 Å². The van der Waals surface area contributed by atoms with E-state index in [2.05, 4.69) is 22.2 Å². The van der Waals surface area contributed by atoms with Crippen LogP contribution in [-0.2, 0) is 13.0 Å². The summed E-state index contributed by atoms with van der Waals surface area (Å²) < 4.78 is 5.67. The monoisotopic (exact) mass is 223 g/mol. The van der Waals surface area contributed by atoms with Gasteiger partial charge in [0.15, 0.2) is 5.89 Å². The summed E-state index contributed by atoms with van der Waals surface area (Å²) in [4.78, 5) is 6.72. The summed E-state index contributed by atoms with van der Waals surface area (Å²) in [5, 5.41) is 3.07. The van der Waals surface area contributed by atoms with E-state index in [9.17, 15) is 0 Å². The fraction of sp³-hybridized carbons (Fsp3) is 0.750. The van der Waals surface area contributed by atoms with Gasteiger partial charge in [-0.25, -0.2) is 4.98 Å². The highest BCUT2D eigenvalue weighted by molar-refractivity contribution is 4.95. The van der Waals surface area contributed by atoms with Crippen LogP contribution in [0.2, 0.25) is 0 Å². The van der Waals surface area contributed by atoms with Gasteiger partial charge in [0, 0.05) is 13.0 Å². The molecule has 0 amide bonds. The van der Waals surface area contributed by atoms with Crippen molar-refractivity contribution >= 4 is 0 Å². The number of hydrogen-bond donors (Lipinski definition) is 1. The second-order valence-corrected chi connectivity index (χ2v) is 4.73. The molecule has 2 heterocycles. The van der Waals surface area contributed by atoms with Crippen molar-refractivity contribution in [1.82, 2.24) is 15.2 Å². The Kier molecular flexibility index (Phi) is 3.96. The minimum Gasteiger partial charge on any atom is -0.444 e. The van der Waals surface area contributed by atoms with Crippen LogP contribution in [0.4, 0.5) is 0 Å². The summed E-state index contributed by atoms with van der Waals surface area (Å²) in [5.41, 5.74) is 0.